The van der Waals surface area contributed by atoms with Crippen LogP contribution in [-0.2, 0) is 0 Å². The topological polar surface area (TPSA) is 71.8 Å². The molecule has 2 aromatic carbocycles. The number of nitrogens with zero attached hydrogens (tertiary/aromatic N) is 1. The quantitative estimate of drug-likeness (QED) is 0.680. The number of benzene rings is 2. The molecule has 1 fully saturated rings. The van der Waals surface area contributed by atoms with Gasteiger partial charge in [-0.15, -0.1) is 0 Å². The number of piperidine rings is 1. The van der Waals surface area contributed by atoms with Crippen LogP contribution in [0, 0.1) is 6.92 Å². The molecule has 30 heavy (non-hydrogen) atoms. The van der Waals surface area contributed by atoms with E-state index in [1.807, 2.05) is 30.3 Å². The Morgan fingerprint density at radius 2 is 1.90 bits per heavy atom. The third-order valence-electron chi connectivity index (χ3n) is 5.46. The maximum absolute atomic E-state index is 12.3. The van der Waals surface area contributed by atoms with Gasteiger partial charge in [0.15, 0.2) is 5.43 Å². The maximum atomic E-state index is 12.3. The molecule has 0 radical (unpaired) electrons. The Labute approximate surface area is 175 Å². The average Bonchev–Trinajstić information content (AvgIpc) is 2.75. The molecule has 1 aliphatic rings. The van der Waals surface area contributed by atoms with Crippen molar-refractivity contribution < 1.29 is 13.9 Å². The van der Waals surface area contributed by atoms with Crippen LogP contribution in [-0.4, -0.2) is 43.1 Å². The van der Waals surface area contributed by atoms with Gasteiger partial charge in [-0.05, 0) is 44.0 Å². The molecule has 0 saturated carbocycles. The van der Waals surface area contributed by atoms with Crippen molar-refractivity contribution in [3.63, 3.8) is 0 Å². The summed E-state index contributed by atoms with van der Waals surface area (Å²) < 4.78 is 11.5. The summed E-state index contributed by atoms with van der Waals surface area (Å²) in [4.78, 5) is 26.6. The molecule has 0 atom stereocenters. The number of rotatable bonds is 6. The molecule has 0 unspecified atom stereocenters. The molecule has 1 amide bonds. The summed E-state index contributed by atoms with van der Waals surface area (Å²) in [6, 6.07) is 16.4. The maximum Gasteiger partial charge on any atom is 0.251 e. The Morgan fingerprint density at radius 3 is 2.67 bits per heavy atom. The number of fused-ring (bicyclic) bond motifs is 1. The number of carbonyl (C=O) groups is 1. The van der Waals surface area contributed by atoms with E-state index in [1.54, 1.807) is 25.1 Å². The summed E-state index contributed by atoms with van der Waals surface area (Å²) in [5, 5.41) is 3.69. The number of hydrogen-bond acceptors (Lipinski definition) is 5. The van der Waals surface area contributed by atoms with Crippen LogP contribution in [0.1, 0.15) is 29.0 Å². The SMILES string of the molecule is Cc1cc(=O)c2ccc(OCCN3CCC(NC(=O)c4ccccc4)CC3)cc2o1. The van der Waals surface area contributed by atoms with E-state index >= 15 is 0 Å². The van der Waals surface area contributed by atoms with Crippen molar-refractivity contribution in [3.8, 4) is 5.75 Å². The first-order valence-electron chi connectivity index (χ1n) is 10.3. The van der Waals surface area contributed by atoms with Gasteiger partial charge in [-0.2, -0.15) is 0 Å². The minimum absolute atomic E-state index is 0.00410. The van der Waals surface area contributed by atoms with E-state index in [9.17, 15) is 9.59 Å². The minimum atomic E-state index is -0.0393. The first kappa shape index (κ1) is 20.2. The number of carbonyl (C=O) groups excluding carboxylic acids is 1. The van der Waals surface area contributed by atoms with Crippen LogP contribution in [0.3, 0.4) is 0 Å². The summed E-state index contributed by atoms with van der Waals surface area (Å²) >= 11 is 0. The second-order valence-electron chi connectivity index (χ2n) is 7.68. The highest BCUT2D eigenvalue weighted by Gasteiger charge is 2.21. The van der Waals surface area contributed by atoms with E-state index in [2.05, 4.69) is 10.2 Å². The highest BCUT2D eigenvalue weighted by Crippen LogP contribution is 2.20. The number of aryl methyl sites for hydroxylation is 1. The number of amides is 1. The first-order valence-corrected chi connectivity index (χ1v) is 10.3. The third kappa shape index (κ3) is 4.89. The summed E-state index contributed by atoms with van der Waals surface area (Å²) in [7, 11) is 0. The summed E-state index contributed by atoms with van der Waals surface area (Å²) in [6.45, 7) is 4.99. The molecule has 6 heteroatoms. The van der Waals surface area contributed by atoms with E-state index in [0.717, 1.165) is 32.5 Å². The average molecular weight is 406 g/mol. The van der Waals surface area contributed by atoms with Crippen molar-refractivity contribution in [2.45, 2.75) is 25.8 Å². The summed E-state index contributed by atoms with van der Waals surface area (Å²) in [5.74, 6) is 1.28. The lowest BCUT2D eigenvalue weighted by Gasteiger charge is -2.32. The zero-order valence-electron chi connectivity index (χ0n) is 17.1. The van der Waals surface area contributed by atoms with Gasteiger partial charge in [0.05, 0.1) is 5.39 Å². The lowest BCUT2D eigenvalue weighted by Crippen LogP contribution is -2.45. The van der Waals surface area contributed by atoms with Crippen LogP contribution in [0.4, 0.5) is 0 Å². The molecule has 1 aliphatic heterocycles. The molecule has 0 bridgehead atoms. The zero-order chi connectivity index (χ0) is 20.9. The number of likely N-dealkylation sites (tertiary alicyclic amines) is 1. The van der Waals surface area contributed by atoms with Gasteiger partial charge in [0.25, 0.3) is 5.91 Å². The second kappa shape index (κ2) is 9.13. The van der Waals surface area contributed by atoms with E-state index in [-0.39, 0.29) is 17.4 Å². The van der Waals surface area contributed by atoms with Gasteiger partial charge in [0.2, 0.25) is 0 Å². The third-order valence-corrected chi connectivity index (χ3v) is 5.46. The highest BCUT2D eigenvalue weighted by molar-refractivity contribution is 5.94. The van der Waals surface area contributed by atoms with Gasteiger partial charge < -0.3 is 14.5 Å². The van der Waals surface area contributed by atoms with Gasteiger partial charge in [0.1, 0.15) is 23.7 Å². The normalized spacial score (nSPS) is 15.2. The number of ether oxygens (including phenoxy) is 1. The van der Waals surface area contributed by atoms with Crippen LogP contribution in [0.25, 0.3) is 11.0 Å². The minimum Gasteiger partial charge on any atom is -0.492 e. The summed E-state index contributed by atoms with van der Waals surface area (Å²) in [5.41, 5.74) is 1.21. The van der Waals surface area contributed by atoms with Gasteiger partial charge in [0, 0.05) is 43.4 Å². The Morgan fingerprint density at radius 1 is 1.13 bits per heavy atom. The molecular weight excluding hydrogens is 380 g/mol. The van der Waals surface area contributed by atoms with E-state index in [1.165, 1.54) is 6.07 Å². The van der Waals surface area contributed by atoms with Gasteiger partial charge in [-0.25, -0.2) is 0 Å². The Balaban J connectivity index is 1.23. The molecule has 2 heterocycles. The molecule has 4 rings (SSSR count). The smallest absolute Gasteiger partial charge is 0.251 e. The highest BCUT2D eigenvalue weighted by atomic mass is 16.5. The molecule has 1 N–H and O–H groups in total. The van der Waals surface area contributed by atoms with Crippen LogP contribution >= 0.6 is 0 Å². The second-order valence-corrected chi connectivity index (χ2v) is 7.68. The largest absolute Gasteiger partial charge is 0.492 e. The molecule has 1 saturated heterocycles. The molecular formula is C24H26N2O4. The fourth-order valence-electron chi connectivity index (χ4n) is 3.80. The van der Waals surface area contributed by atoms with E-state index in [0.29, 0.717) is 34.6 Å². The molecule has 0 aliphatic carbocycles. The standard InChI is InChI=1S/C24H26N2O4/c1-17-15-22(27)21-8-7-20(16-23(21)30-17)29-14-13-26-11-9-19(10-12-26)25-24(28)18-5-3-2-4-6-18/h2-8,15-16,19H,9-14H2,1H3,(H,25,28). The summed E-state index contributed by atoms with van der Waals surface area (Å²) in [6.07, 6.45) is 1.86. The van der Waals surface area contributed by atoms with Gasteiger partial charge in [-0.1, -0.05) is 18.2 Å². The Hall–Kier alpha value is -3.12. The fourth-order valence-corrected chi connectivity index (χ4v) is 3.80. The van der Waals surface area contributed by atoms with Crippen molar-refractivity contribution in [1.82, 2.24) is 10.2 Å². The first-order chi connectivity index (χ1) is 14.6. The molecule has 1 aromatic heterocycles. The van der Waals surface area contributed by atoms with Crippen LogP contribution in [0.5, 0.6) is 5.75 Å². The number of hydrogen-bond donors (Lipinski definition) is 1. The van der Waals surface area contributed by atoms with Crippen molar-refractivity contribution in [2.75, 3.05) is 26.2 Å². The van der Waals surface area contributed by atoms with Gasteiger partial charge >= 0.3 is 0 Å². The monoisotopic (exact) mass is 406 g/mol. The lowest BCUT2D eigenvalue weighted by atomic mass is 10.0. The molecule has 3 aromatic rings. The van der Waals surface area contributed by atoms with Gasteiger partial charge in [-0.3, -0.25) is 14.5 Å². The van der Waals surface area contributed by atoms with Crippen LogP contribution in [0.2, 0.25) is 0 Å². The predicted molar refractivity (Wildman–Crippen MR) is 116 cm³/mol. The Bertz CT molecular complexity index is 1070. The molecule has 0 spiro atoms. The van der Waals surface area contributed by atoms with Crippen molar-refractivity contribution in [1.29, 1.82) is 0 Å². The fraction of sp³-hybridized carbons (Fsp3) is 0.333. The van der Waals surface area contributed by atoms with E-state index in [4.69, 9.17) is 9.15 Å². The molecule has 156 valence electrons. The van der Waals surface area contributed by atoms with Crippen molar-refractivity contribution >= 4 is 16.9 Å². The van der Waals surface area contributed by atoms with E-state index < -0.39 is 0 Å². The molecule has 6 nitrogen and oxygen atoms in total. The van der Waals surface area contributed by atoms with Crippen LogP contribution in [0.15, 0.2) is 63.8 Å². The zero-order valence-corrected chi connectivity index (χ0v) is 17.1. The van der Waals surface area contributed by atoms with Crippen molar-refractivity contribution in [3.05, 3.63) is 76.1 Å². The van der Waals surface area contributed by atoms with Crippen LogP contribution < -0.4 is 15.5 Å². The number of nitrogens with one attached hydrogen (secondary N) is 1. The lowest BCUT2D eigenvalue weighted by molar-refractivity contribution is 0.0905. The predicted octanol–water partition coefficient (Wildman–Crippen LogP) is 3.37. The van der Waals surface area contributed by atoms with Crippen molar-refractivity contribution in [2.24, 2.45) is 0 Å². The Kier molecular flexibility index (Phi) is 6.14.